The van der Waals surface area contributed by atoms with E-state index in [1.165, 1.54) is 0 Å². The molecule has 0 saturated carbocycles. The molecule has 0 spiro atoms. The standard InChI is InChI=1S/C25H21N5OS/c31-25(27-11-5-13-30-14-12-26-17-30)19-9-10-20-21(16-19)29-23(18-6-2-1-3-7-18)24(28-20)22-8-4-15-32-22/h1-4,6-10,12,14-17H,5,11,13H2,(H,27,31). The normalized spacial score (nSPS) is 11.0. The van der Waals surface area contributed by atoms with Crippen LogP contribution in [0.25, 0.3) is 32.9 Å². The molecule has 5 aromatic rings. The average Bonchev–Trinajstić information content (AvgIpc) is 3.56. The molecule has 32 heavy (non-hydrogen) atoms. The highest BCUT2D eigenvalue weighted by atomic mass is 32.1. The molecule has 0 saturated heterocycles. The van der Waals surface area contributed by atoms with Crippen LogP contribution in [-0.4, -0.2) is 32.0 Å². The first-order valence-corrected chi connectivity index (χ1v) is 11.3. The highest BCUT2D eigenvalue weighted by Gasteiger charge is 2.15. The van der Waals surface area contributed by atoms with Gasteiger partial charge in [-0.05, 0) is 36.1 Å². The van der Waals surface area contributed by atoms with Gasteiger partial charge in [0.25, 0.3) is 5.91 Å². The fourth-order valence-corrected chi connectivity index (χ4v) is 4.28. The van der Waals surface area contributed by atoms with E-state index >= 15 is 0 Å². The van der Waals surface area contributed by atoms with E-state index in [4.69, 9.17) is 9.97 Å². The Morgan fingerprint density at radius 1 is 0.969 bits per heavy atom. The molecule has 2 aromatic carbocycles. The third-order valence-electron chi connectivity index (χ3n) is 5.17. The third kappa shape index (κ3) is 4.29. The van der Waals surface area contributed by atoms with E-state index in [-0.39, 0.29) is 5.91 Å². The lowest BCUT2D eigenvalue weighted by atomic mass is 10.1. The highest BCUT2D eigenvalue weighted by Crippen LogP contribution is 2.33. The van der Waals surface area contributed by atoms with Crippen LogP contribution in [0.15, 0.2) is 84.8 Å². The zero-order valence-electron chi connectivity index (χ0n) is 17.3. The van der Waals surface area contributed by atoms with Crippen LogP contribution in [0.5, 0.6) is 0 Å². The molecule has 0 bridgehead atoms. The third-order valence-corrected chi connectivity index (χ3v) is 6.04. The van der Waals surface area contributed by atoms with Crippen LogP contribution in [-0.2, 0) is 6.54 Å². The number of hydrogen-bond acceptors (Lipinski definition) is 5. The van der Waals surface area contributed by atoms with Crippen LogP contribution in [0.1, 0.15) is 16.8 Å². The number of aromatic nitrogens is 4. The zero-order valence-corrected chi connectivity index (χ0v) is 18.1. The highest BCUT2D eigenvalue weighted by molar-refractivity contribution is 7.13. The molecule has 5 rings (SSSR count). The summed E-state index contributed by atoms with van der Waals surface area (Å²) < 4.78 is 1.99. The smallest absolute Gasteiger partial charge is 0.251 e. The monoisotopic (exact) mass is 439 g/mol. The van der Waals surface area contributed by atoms with Gasteiger partial charge in [-0.1, -0.05) is 36.4 Å². The lowest BCUT2D eigenvalue weighted by molar-refractivity contribution is 0.0953. The van der Waals surface area contributed by atoms with E-state index in [2.05, 4.69) is 16.4 Å². The van der Waals surface area contributed by atoms with Crippen molar-refractivity contribution in [1.82, 2.24) is 24.8 Å². The van der Waals surface area contributed by atoms with Gasteiger partial charge in [-0.15, -0.1) is 11.3 Å². The molecule has 3 aromatic heterocycles. The molecule has 0 aliphatic carbocycles. The largest absolute Gasteiger partial charge is 0.352 e. The Hall–Kier alpha value is -3.84. The molecule has 0 fully saturated rings. The summed E-state index contributed by atoms with van der Waals surface area (Å²) in [5.74, 6) is -0.108. The number of rotatable bonds is 7. The van der Waals surface area contributed by atoms with Gasteiger partial charge in [-0.2, -0.15) is 0 Å². The molecule has 158 valence electrons. The lowest BCUT2D eigenvalue weighted by Crippen LogP contribution is -2.25. The summed E-state index contributed by atoms with van der Waals surface area (Å²) in [5.41, 5.74) is 4.73. The number of hydrogen-bond donors (Lipinski definition) is 1. The summed E-state index contributed by atoms with van der Waals surface area (Å²) in [6, 6.07) is 19.6. The summed E-state index contributed by atoms with van der Waals surface area (Å²) >= 11 is 1.64. The number of nitrogens with zero attached hydrogens (tertiary/aromatic N) is 4. The summed E-state index contributed by atoms with van der Waals surface area (Å²) in [5, 5.41) is 5.02. The van der Waals surface area contributed by atoms with Gasteiger partial charge in [0.1, 0.15) is 5.69 Å². The first-order valence-electron chi connectivity index (χ1n) is 10.4. The van der Waals surface area contributed by atoms with E-state index in [0.29, 0.717) is 17.6 Å². The maximum absolute atomic E-state index is 12.7. The van der Waals surface area contributed by atoms with Crippen molar-refractivity contribution in [3.05, 3.63) is 90.3 Å². The number of nitrogens with one attached hydrogen (secondary N) is 1. The van der Waals surface area contributed by atoms with Crippen molar-refractivity contribution < 1.29 is 4.79 Å². The van der Waals surface area contributed by atoms with Gasteiger partial charge in [-0.25, -0.2) is 15.0 Å². The molecule has 0 radical (unpaired) electrons. The van der Waals surface area contributed by atoms with Crippen molar-refractivity contribution in [3.8, 4) is 21.8 Å². The number of aryl methyl sites for hydroxylation is 1. The van der Waals surface area contributed by atoms with E-state index in [9.17, 15) is 4.79 Å². The van der Waals surface area contributed by atoms with E-state index < -0.39 is 0 Å². The van der Waals surface area contributed by atoms with E-state index in [1.54, 1.807) is 23.9 Å². The Balaban J connectivity index is 1.42. The first kappa shape index (κ1) is 20.1. The molecule has 0 unspecified atom stereocenters. The number of benzene rings is 2. The number of carbonyl (C=O) groups excluding carboxylic acids is 1. The predicted octanol–water partition coefficient (Wildman–Crippen LogP) is 5.04. The summed E-state index contributed by atoms with van der Waals surface area (Å²) in [6.07, 6.45) is 6.28. The average molecular weight is 440 g/mol. The molecule has 7 heteroatoms. The Kier molecular flexibility index (Phi) is 5.72. The second-order valence-corrected chi connectivity index (χ2v) is 8.33. The minimum Gasteiger partial charge on any atom is -0.352 e. The van der Waals surface area contributed by atoms with Crippen molar-refractivity contribution in [2.45, 2.75) is 13.0 Å². The van der Waals surface area contributed by atoms with Gasteiger partial charge < -0.3 is 9.88 Å². The van der Waals surface area contributed by atoms with Crippen LogP contribution >= 0.6 is 11.3 Å². The molecule has 0 atom stereocenters. The number of amides is 1. The van der Waals surface area contributed by atoms with Gasteiger partial charge in [-0.3, -0.25) is 4.79 Å². The number of fused-ring (bicyclic) bond motifs is 1. The topological polar surface area (TPSA) is 72.7 Å². The zero-order chi connectivity index (χ0) is 21.8. The van der Waals surface area contributed by atoms with Crippen molar-refractivity contribution in [2.24, 2.45) is 0 Å². The Morgan fingerprint density at radius 2 is 1.84 bits per heavy atom. The van der Waals surface area contributed by atoms with Crippen LogP contribution in [0.3, 0.4) is 0 Å². The van der Waals surface area contributed by atoms with E-state index in [1.807, 2.05) is 70.7 Å². The number of thiophene rings is 1. The minimum atomic E-state index is -0.108. The van der Waals surface area contributed by atoms with Gasteiger partial charge in [0.2, 0.25) is 0 Å². The van der Waals surface area contributed by atoms with Crippen LogP contribution in [0.4, 0.5) is 0 Å². The molecule has 6 nitrogen and oxygen atoms in total. The second-order valence-electron chi connectivity index (χ2n) is 7.38. The number of imidazole rings is 1. The van der Waals surface area contributed by atoms with Gasteiger partial charge in [0.05, 0.1) is 27.9 Å². The molecule has 3 heterocycles. The van der Waals surface area contributed by atoms with Crippen molar-refractivity contribution in [1.29, 1.82) is 0 Å². The summed E-state index contributed by atoms with van der Waals surface area (Å²) in [7, 11) is 0. The van der Waals surface area contributed by atoms with Gasteiger partial charge in [0.15, 0.2) is 0 Å². The van der Waals surface area contributed by atoms with Crippen molar-refractivity contribution in [3.63, 3.8) is 0 Å². The SMILES string of the molecule is O=C(NCCCn1ccnc1)c1ccc2nc(-c3cccs3)c(-c3ccccc3)nc2c1. The van der Waals surface area contributed by atoms with E-state index in [0.717, 1.165) is 40.3 Å². The Bertz CT molecular complexity index is 1330. The molecular formula is C25H21N5OS. The minimum absolute atomic E-state index is 0.108. The predicted molar refractivity (Wildman–Crippen MR) is 127 cm³/mol. The maximum Gasteiger partial charge on any atom is 0.251 e. The fraction of sp³-hybridized carbons (Fsp3) is 0.120. The summed E-state index contributed by atoms with van der Waals surface area (Å²) in [6.45, 7) is 1.41. The van der Waals surface area contributed by atoms with Crippen LogP contribution < -0.4 is 5.32 Å². The molecule has 0 aliphatic heterocycles. The maximum atomic E-state index is 12.7. The van der Waals surface area contributed by atoms with Crippen LogP contribution in [0, 0.1) is 0 Å². The lowest BCUT2D eigenvalue weighted by Gasteiger charge is -2.10. The Labute approximate surface area is 189 Å². The van der Waals surface area contributed by atoms with Crippen LogP contribution in [0.2, 0.25) is 0 Å². The second kappa shape index (κ2) is 9.11. The summed E-state index contributed by atoms with van der Waals surface area (Å²) in [4.78, 5) is 27.6. The van der Waals surface area contributed by atoms with Gasteiger partial charge >= 0.3 is 0 Å². The molecule has 1 amide bonds. The van der Waals surface area contributed by atoms with Gasteiger partial charge in [0, 0.05) is 36.6 Å². The molecule has 1 N–H and O–H groups in total. The van der Waals surface area contributed by atoms with Crippen molar-refractivity contribution >= 4 is 28.3 Å². The molecule has 0 aliphatic rings. The quantitative estimate of drug-likeness (QED) is 0.361. The first-order chi connectivity index (χ1) is 15.8. The van der Waals surface area contributed by atoms with Crippen molar-refractivity contribution in [2.75, 3.05) is 6.54 Å². The Morgan fingerprint density at radius 3 is 2.62 bits per heavy atom. The fourth-order valence-electron chi connectivity index (χ4n) is 3.56. The number of carbonyl (C=O) groups is 1. The molecular weight excluding hydrogens is 418 g/mol.